The van der Waals surface area contributed by atoms with E-state index in [0.29, 0.717) is 19.7 Å². The number of piperidine rings is 1. The third kappa shape index (κ3) is 2.85. The molecule has 0 aromatic rings. The van der Waals surface area contributed by atoms with E-state index in [1.807, 2.05) is 6.92 Å². The molecule has 2 aliphatic heterocycles. The molecule has 2 saturated heterocycles. The molecule has 0 aromatic heterocycles. The SMILES string of the molecule is CC1CCCCN1S(=O)(=O)N1CCOC(CO)C1. The lowest BCUT2D eigenvalue weighted by molar-refractivity contribution is -0.0322. The van der Waals surface area contributed by atoms with Gasteiger partial charge in [-0.15, -0.1) is 0 Å². The molecule has 6 nitrogen and oxygen atoms in total. The number of morpholine rings is 1. The predicted octanol–water partition coefficient (Wildman–Crippen LogP) is -0.201. The van der Waals surface area contributed by atoms with Crippen LogP contribution in [0.3, 0.4) is 0 Å². The van der Waals surface area contributed by atoms with Gasteiger partial charge in [0, 0.05) is 25.7 Å². The van der Waals surface area contributed by atoms with Crippen LogP contribution in [-0.2, 0) is 14.9 Å². The summed E-state index contributed by atoms with van der Waals surface area (Å²) in [6.45, 7) is 3.41. The van der Waals surface area contributed by atoms with Crippen molar-refractivity contribution >= 4 is 10.2 Å². The molecular formula is C11H22N2O4S. The summed E-state index contributed by atoms with van der Waals surface area (Å²) in [6, 6.07) is 0.0687. The Labute approximate surface area is 109 Å². The van der Waals surface area contributed by atoms with Crippen LogP contribution in [0.15, 0.2) is 0 Å². The Balaban J connectivity index is 2.09. The maximum absolute atomic E-state index is 12.5. The van der Waals surface area contributed by atoms with Crippen molar-refractivity contribution in [2.24, 2.45) is 0 Å². The Morgan fingerprint density at radius 2 is 2.11 bits per heavy atom. The molecule has 0 spiro atoms. The van der Waals surface area contributed by atoms with E-state index in [4.69, 9.17) is 9.84 Å². The van der Waals surface area contributed by atoms with Crippen LogP contribution in [0.5, 0.6) is 0 Å². The van der Waals surface area contributed by atoms with Crippen molar-refractivity contribution in [3.63, 3.8) is 0 Å². The molecule has 0 saturated carbocycles. The minimum absolute atomic E-state index is 0.0687. The molecule has 1 N–H and O–H groups in total. The fourth-order valence-electron chi connectivity index (χ4n) is 2.58. The lowest BCUT2D eigenvalue weighted by Crippen LogP contribution is -2.54. The number of nitrogens with zero attached hydrogens (tertiary/aromatic N) is 2. The van der Waals surface area contributed by atoms with Gasteiger partial charge < -0.3 is 9.84 Å². The molecule has 2 aliphatic rings. The summed E-state index contributed by atoms with van der Waals surface area (Å²) >= 11 is 0. The Morgan fingerprint density at radius 1 is 1.33 bits per heavy atom. The van der Waals surface area contributed by atoms with Crippen molar-refractivity contribution in [3.05, 3.63) is 0 Å². The average Bonchev–Trinajstić information content (AvgIpc) is 2.39. The molecule has 0 amide bonds. The average molecular weight is 278 g/mol. The number of rotatable bonds is 3. The molecule has 7 heteroatoms. The predicted molar refractivity (Wildman–Crippen MR) is 67.3 cm³/mol. The molecule has 0 bridgehead atoms. The van der Waals surface area contributed by atoms with Crippen LogP contribution < -0.4 is 0 Å². The largest absolute Gasteiger partial charge is 0.394 e. The normalized spacial score (nSPS) is 32.6. The van der Waals surface area contributed by atoms with Gasteiger partial charge in [0.05, 0.1) is 19.3 Å². The van der Waals surface area contributed by atoms with E-state index < -0.39 is 16.3 Å². The van der Waals surface area contributed by atoms with Crippen LogP contribution in [0.4, 0.5) is 0 Å². The highest BCUT2D eigenvalue weighted by Gasteiger charge is 2.37. The lowest BCUT2D eigenvalue weighted by Gasteiger charge is -2.39. The van der Waals surface area contributed by atoms with Gasteiger partial charge in [0.25, 0.3) is 10.2 Å². The van der Waals surface area contributed by atoms with Crippen LogP contribution in [0, 0.1) is 0 Å². The number of hydrogen-bond donors (Lipinski definition) is 1. The zero-order chi connectivity index (χ0) is 13.2. The molecule has 2 heterocycles. The van der Waals surface area contributed by atoms with Crippen molar-refractivity contribution in [3.8, 4) is 0 Å². The van der Waals surface area contributed by atoms with Crippen molar-refractivity contribution in [2.75, 3.05) is 32.8 Å². The fraction of sp³-hybridized carbons (Fsp3) is 1.00. The third-order valence-corrected chi connectivity index (χ3v) is 5.79. The fourth-order valence-corrected chi connectivity index (χ4v) is 4.45. The van der Waals surface area contributed by atoms with Gasteiger partial charge in [0.2, 0.25) is 0 Å². The Morgan fingerprint density at radius 3 is 2.78 bits per heavy atom. The smallest absolute Gasteiger partial charge is 0.282 e. The summed E-state index contributed by atoms with van der Waals surface area (Å²) in [4.78, 5) is 0. The molecule has 0 aliphatic carbocycles. The van der Waals surface area contributed by atoms with Gasteiger partial charge in [-0.2, -0.15) is 17.0 Å². The monoisotopic (exact) mass is 278 g/mol. The zero-order valence-electron chi connectivity index (χ0n) is 10.8. The summed E-state index contributed by atoms with van der Waals surface area (Å²) in [5.41, 5.74) is 0. The van der Waals surface area contributed by atoms with E-state index in [0.717, 1.165) is 19.3 Å². The second kappa shape index (κ2) is 5.83. The number of aliphatic hydroxyl groups excluding tert-OH is 1. The highest BCUT2D eigenvalue weighted by Crippen LogP contribution is 2.23. The number of hydrogen-bond acceptors (Lipinski definition) is 4. The van der Waals surface area contributed by atoms with Crippen LogP contribution in [0.25, 0.3) is 0 Å². The standard InChI is InChI=1S/C11H22N2O4S/c1-10-4-2-3-5-13(10)18(15,16)12-6-7-17-11(8-12)9-14/h10-11,14H,2-9H2,1H3. The van der Waals surface area contributed by atoms with E-state index in [-0.39, 0.29) is 19.2 Å². The maximum Gasteiger partial charge on any atom is 0.282 e. The topological polar surface area (TPSA) is 70.1 Å². The van der Waals surface area contributed by atoms with Crippen LogP contribution >= 0.6 is 0 Å². The van der Waals surface area contributed by atoms with Crippen LogP contribution in [0.2, 0.25) is 0 Å². The minimum atomic E-state index is -3.40. The molecule has 2 atom stereocenters. The highest BCUT2D eigenvalue weighted by atomic mass is 32.2. The molecule has 2 unspecified atom stereocenters. The first-order valence-electron chi connectivity index (χ1n) is 6.55. The van der Waals surface area contributed by atoms with Gasteiger partial charge in [-0.25, -0.2) is 0 Å². The molecule has 0 radical (unpaired) electrons. The Bertz CT molecular complexity index is 373. The first-order valence-corrected chi connectivity index (χ1v) is 7.95. The second-order valence-electron chi connectivity index (χ2n) is 5.00. The third-order valence-electron chi connectivity index (χ3n) is 3.67. The van der Waals surface area contributed by atoms with Crippen molar-refractivity contribution in [1.82, 2.24) is 8.61 Å². The van der Waals surface area contributed by atoms with Crippen molar-refractivity contribution < 1.29 is 18.3 Å². The summed E-state index contributed by atoms with van der Waals surface area (Å²) in [5, 5.41) is 9.08. The van der Waals surface area contributed by atoms with E-state index in [1.54, 1.807) is 4.31 Å². The molecule has 18 heavy (non-hydrogen) atoms. The summed E-state index contributed by atoms with van der Waals surface area (Å²) in [7, 11) is -3.40. The highest BCUT2D eigenvalue weighted by molar-refractivity contribution is 7.86. The first kappa shape index (κ1) is 14.2. The van der Waals surface area contributed by atoms with Crippen LogP contribution in [-0.4, -0.2) is 67.1 Å². The van der Waals surface area contributed by atoms with E-state index >= 15 is 0 Å². The molecule has 2 fully saturated rings. The zero-order valence-corrected chi connectivity index (χ0v) is 11.6. The van der Waals surface area contributed by atoms with Gasteiger partial charge in [0.1, 0.15) is 0 Å². The van der Waals surface area contributed by atoms with E-state index in [2.05, 4.69) is 0 Å². The van der Waals surface area contributed by atoms with Gasteiger partial charge in [-0.3, -0.25) is 0 Å². The summed E-state index contributed by atoms with van der Waals surface area (Å²) < 4.78 is 33.4. The van der Waals surface area contributed by atoms with Gasteiger partial charge >= 0.3 is 0 Å². The summed E-state index contributed by atoms with van der Waals surface area (Å²) in [5.74, 6) is 0. The van der Waals surface area contributed by atoms with Crippen molar-refractivity contribution in [1.29, 1.82) is 0 Å². The number of aliphatic hydroxyl groups is 1. The van der Waals surface area contributed by atoms with Crippen LogP contribution in [0.1, 0.15) is 26.2 Å². The maximum atomic E-state index is 12.5. The second-order valence-corrected chi connectivity index (χ2v) is 6.88. The molecule has 2 rings (SSSR count). The Hall–Kier alpha value is -0.210. The van der Waals surface area contributed by atoms with Gasteiger partial charge in [-0.1, -0.05) is 6.42 Å². The molecular weight excluding hydrogens is 256 g/mol. The van der Waals surface area contributed by atoms with Gasteiger partial charge in [0.15, 0.2) is 0 Å². The van der Waals surface area contributed by atoms with Crippen molar-refractivity contribution in [2.45, 2.75) is 38.3 Å². The number of ether oxygens (including phenoxy) is 1. The summed E-state index contributed by atoms with van der Waals surface area (Å²) in [6.07, 6.45) is 2.55. The van der Waals surface area contributed by atoms with E-state index in [9.17, 15) is 8.42 Å². The molecule has 0 aromatic carbocycles. The quantitative estimate of drug-likeness (QED) is 0.776. The minimum Gasteiger partial charge on any atom is -0.394 e. The Kier molecular flexibility index (Phi) is 4.60. The van der Waals surface area contributed by atoms with Gasteiger partial charge in [-0.05, 0) is 19.8 Å². The first-order chi connectivity index (χ1) is 8.55. The molecule has 106 valence electrons. The lowest BCUT2D eigenvalue weighted by atomic mass is 10.1. The van der Waals surface area contributed by atoms with E-state index in [1.165, 1.54) is 4.31 Å².